The number of ether oxygens (including phenoxy) is 1. The number of anilines is 2. The van der Waals surface area contributed by atoms with Gasteiger partial charge in [-0.25, -0.2) is 4.68 Å². The van der Waals surface area contributed by atoms with Crippen LogP contribution in [0.1, 0.15) is 5.56 Å². The third-order valence-electron chi connectivity index (χ3n) is 2.71. The number of aromatic amines is 1. The quantitative estimate of drug-likeness (QED) is 0.714. The molecule has 4 N–H and O–H groups in total. The van der Waals surface area contributed by atoms with Crippen molar-refractivity contribution >= 4 is 23.1 Å². The van der Waals surface area contributed by atoms with E-state index in [1.165, 1.54) is 10.9 Å². The van der Waals surface area contributed by atoms with Crippen LogP contribution in [-0.4, -0.2) is 33.7 Å². The van der Waals surface area contributed by atoms with Gasteiger partial charge in [-0.2, -0.15) is 10.2 Å². The van der Waals surface area contributed by atoms with E-state index in [1.807, 2.05) is 0 Å². The summed E-state index contributed by atoms with van der Waals surface area (Å²) in [4.78, 5) is 12.0. The van der Waals surface area contributed by atoms with E-state index in [0.717, 1.165) is 5.56 Å². The fraction of sp³-hybridized carbons (Fsp3) is 0.364. The van der Waals surface area contributed by atoms with E-state index in [0.29, 0.717) is 31.2 Å². The molecule has 2 aromatic heterocycles. The lowest BCUT2D eigenvalue weighted by Gasteiger charge is -2.09. The molecule has 0 fully saturated rings. The van der Waals surface area contributed by atoms with Gasteiger partial charge in [0.25, 0.3) is 5.56 Å². The Hall–Kier alpha value is -2.06. The SMILES string of the molecule is COCCn1ncc(NCc2cn[nH]c2N)c(Cl)c1=O. The first-order valence-electron chi connectivity index (χ1n) is 5.89. The van der Waals surface area contributed by atoms with Crippen LogP contribution in [-0.2, 0) is 17.8 Å². The molecule has 108 valence electrons. The number of aromatic nitrogens is 4. The molecule has 0 spiro atoms. The minimum absolute atomic E-state index is 0.0816. The summed E-state index contributed by atoms with van der Waals surface area (Å²) in [5.41, 5.74) is 6.53. The van der Waals surface area contributed by atoms with Gasteiger partial charge < -0.3 is 15.8 Å². The Balaban J connectivity index is 2.11. The minimum atomic E-state index is -0.367. The van der Waals surface area contributed by atoms with Crippen LogP contribution in [0.15, 0.2) is 17.2 Å². The number of nitrogens with zero attached hydrogens (tertiary/aromatic N) is 3. The smallest absolute Gasteiger partial charge is 0.287 e. The van der Waals surface area contributed by atoms with Gasteiger partial charge in [-0.05, 0) is 0 Å². The van der Waals surface area contributed by atoms with Crippen molar-refractivity contribution in [2.45, 2.75) is 13.1 Å². The molecule has 0 aliphatic heterocycles. The number of halogens is 1. The molecule has 0 saturated carbocycles. The molecule has 2 heterocycles. The van der Waals surface area contributed by atoms with Crippen molar-refractivity contribution in [3.8, 4) is 0 Å². The molecule has 0 bridgehead atoms. The van der Waals surface area contributed by atoms with Gasteiger partial charge in [0.15, 0.2) is 0 Å². The van der Waals surface area contributed by atoms with E-state index in [1.54, 1.807) is 13.3 Å². The van der Waals surface area contributed by atoms with Gasteiger partial charge in [-0.3, -0.25) is 9.89 Å². The minimum Gasteiger partial charge on any atom is -0.384 e. The maximum Gasteiger partial charge on any atom is 0.287 e. The van der Waals surface area contributed by atoms with E-state index in [4.69, 9.17) is 22.1 Å². The maximum absolute atomic E-state index is 12.0. The molecule has 8 nitrogen and oxygen atoms in total. The van der Waals surface area contributed by atoms with E-state index >= 15 is 0 Å². The number of nitrogens with one attached hydrogen (secondary N) is 2. The summed E-state index contributed by atoms with van der Waals surface area (Å²) in [5.74, 6) is 0.468. The largest absolute Gasteiger partial charge is 0.384 e. The molecule has 0 atom stereocenters. The molecule has 0 aliphatic rings. The topological polar surface area (TPSA) is 111 Å². The summed E-state index contributed by atoms with van der Waals surface area (Å²) in [7, 11) is 1.55. The van der Waals surface area contributed by atoms with Gasteiger partial charge in [-0.1, -0.05) is 11.6 Å². The number of hydrogen-bond acceptors (Lipinski definition) is 6. The molecule has 2 rings (SSSR count). The molecule has 0 aromatic carbocycles. The molecule has 0 saturated heterocycles. The first-order valence-corrected chi connectivity index (χ1v) is 6.27. The van der Waals surface area contributed by atoms with Crippen molar-refractivity contribution in [3.05, 3.63) is 33.3 Å². The molecule has 0 amide bonds. The Morgan fingerprint density at radius 1 is 1.55 bits per heavy atom. The normalized spacial score (nSPS) is 10.7. The van der Waals surface area contributed by atoms with Gasteiger partial charge >= 0.3 is 0 Å². The van der Waals surface area contributed by atoms with Crippen molar-refractivity contribution < 1.29 is 4.74 Å². The third-order valence-corrected chi connectivity index (χ3v) is 3.08. The summed E-state index contributed by atoms with van der Waals surface area (Å²) in [5, 5.41) is 13.5. The highest BCUT2D eigenvalue weighted by molar-refractivity contribution is 6.32. The Morgan fingerprint density at radius 2 is 2.35 bits per heavy atom. The standard InChI is InChI=1S/C11H15ClN6O2/c1-20-3-2-18-11(19)9(12)8(6-16-18)14-4-7-5-15-17-10(7)13/h5-6,14H,2-4H2,1H3,(H3,13,15,17). The number of rotatable bonds is 6. The lowest BCUT2D eigenvalue weighted by atomic mass is 10.3. The van der Waals surface area contributed by atoms with E-state index in [2.05, 4.69) is 20.6 Å². The van der Waals surface area contributed by atoms with Crippen molar-refractivity contribution in [1.82, 2.24) is 20.0 Å². The second-order valence-corrected chi connectivity index (χ2v) is 4.43. The highest BCUT2D eigenvalue weighted by Crippen LogP contribution is 2.17. The predicted molar refractivity (Wildman–Crippen MR) is 75.7 cm³/mol. The first-order chi connectivity index (χ1) is 9.63. The van der Waals surface area contributed by atoms with Crippen LogP contribution in [0.2, 0.25) is 5.02 Å². The number of H-pyrrole nitrogens is 1. The van der Waals surface area contributed by atoms with E-state index in [9.17, 15) is 4.79 Å². The fourth-order valence-electron chi connectivity index (χ4n) is 1.58. The molecule has 0 aliphatic carbocycles. The zero-order valence-electron chi connectivity index (χ0n) is 10.9. The van der Waals surface area contributed by atoms with Crippen molar-refractivity contribution in [2.75, 3.05) is 24.8 Å². The van der Waals surface area contributed by atoms with Crippen LogP contribution in [0, 0.1) is 0 Å². The van der Waals surface area contributed by atoms with Crippen LogP contribution in [0.3, 0.4) is 0 Å². The summed E-state index contributed by atoms with van der Waals surface area (Å²) in [6, 6.07) is 0. The van der Waals surface area contributed by atoms with E-state index in [-0.39, 0.29) is 10.6 Å². The van der Waals surface area contributed by atoms with E-state index < -0.39 is 0 Å². The molecule has 0 unspecified atom stereocenters. The molecule has 0 radical (unpaired) electrons. The molecule has 2 aromatic rings. The lowest BCUT2D eigenvalue weighted by Crippen LogP contribution is -2.26. The van der Waals surface area contributed by atoms with Crippen LogP contribution in [0.25, 0.3) is 0 Å². The van der Waals surface area contributed by atoms with Gasteiger partial charge in [0.1, 0.15) is 10.8 Å². The third kappa shape index (κ3) is 3.09. The number of nitrogen functional groups attached to an aromatic ring is 1. The summed E-state index contributed by atoms with van der Waals surface area (Å²) in [6.07, 6.45) is 3.10. The zero-order valence-corrected chi connectivity index (χ0v) is 11.6. The zero-order chi connectivity index (χ0) is 14.5. The highest BCUT2D eigenvalue weighted by Gasteiger charge is 2.10. The van der Waals surface area contributed by atoms with Crippen molar-refractivity contribution in [1.29, 1.82) is 0 Å². The number of methoxy groups -OCH3 is 1. The summed E-state index contributed by atoms with van der Waals surface area (Å²) < 4.78 is 6.15. The van der Waals surface area contributed by atoms with Crippen molar-refractivity contribution in [2.24, 2.45) is 0 Å². The molecule has 20 heavy (non-hydrogen) atoms. The first kappa shape index (κ1) is 14.4. The van der Waals surface area contributed by atoms with Crippen LogP contribution in [0.4, 0.5) is 11.5 Å². The summed E-state index contributed by atoms with van der Waals surface area (Å²) in [6.45, 7) is 1.14. The lowest BCUT2D eigenvalue weighted by molar-refractivity contribution is 0.182. The molecule has 9 heteroatoms. The highest BCUT2D eigenvalue weighted by atomic mass is 35.5. The van der Waals surface area contributed by atoms with Crippen LogP contribution in [0.5, 0.6) is 0 Å². The monoisotopic (exact) mass is 298 g/mol. The maximum atomic E-state index is 12.0. The van der Waals surface area contributed by atoms with Crippen LogP contribution >= 0.6 is 11.6 Å². The van der Waals surface area contributed by atoms with Gasteiger partial charge in [-0.15, -0.1) is 0 Å². The average molecular weight is 299 g/mol. The Labute approximate surface area is 119 Å². The van der Waals surface area contributed by atoms with Crippen molar-refractivity contribution in [3.63, 3.8) is 0 Å². The number of nitrogens with two attached hydrogens (primary N) is 1. The van der Waals surface area contributed by atoms with Crippen LogP contribution < -0.4 is 16.6 Å². The Morgan fingerprint density at radius 3 is 3.00 bits per heavy atom. The Kier molecular flexibility index (Phi) is 4.59. The second kappa shape index (κ2) is 6.40. The Bertz CT molecular complexity index is 638. The summed E-state index contributed by atoms with van der Waals surface area (Å²) >= 11 is 6.03. The number of hydrogen-bond donors (Lipinski definition) is 3. The fourth-order valence-corrected chi connectivity index (χ4v) is 1.79. The second-order valence-electron chi connectivity index (χ2n) is 4.06. The predicted octanol–water partition coefficient (Wildman–Crippen LogP) is 0.460. The van der Waals surface area contributed by atoms with Gasteiger partial charge in [0, 0.05) is 19.2 Å². The molecular formula is C11H15ClN6O2. The molecular weight excluding hydrogens is 284 g/mol. The van der Waals surface area contributed by atoms with Gasteiger partial charge in [0.05, 0.1) is 31.2 Å². The van der Waals surface area contributed by atoms with Gasteiger partial charge in [0.2, 0.25) is 0 Å². The average Bonchev–Trinajstić information content (AvgIpc) is 2.85.